The first kappa shape index (κ1) is 18.6. The molecule has 2 heterocycles. The van der Waals surface area contributed by atoms with Gasteiger partial charge in [-0.1, -0.05) is 12.8 Å². The third-order valence-electron chi connectivity index (χ3n) is 5.90. The standard InChI is InChI=1S/C16H26N2O6S/c1-24-16(21)11-6-8-17(9-7-11)25(22,23)18-13-5-3-2-4-12(13)10-14(18)15(19)20/h11-14H,2-10H2,1H3,(H,19,20). The molecule has 0 aromatic carbocycles. The Labute approximate surface area is 148 Å². The van der Waals surface area contributed by atoms with E-state index >= 15 is 0 Å². The molecule has 2 saturated heterocycles. The molecule has 1 aliphatic carbocycles. The van der Waals surface area contributed by atoms with Gasteiger partial charge in [0.05, 0.1) is 13.0 Å². The summed E-state index contributed by atoms with van der Waals surface area (Å²) in [6.45, 7) is 0.449. The largest absolute Gasteiger partial charge is 0.480 e. The van der Waals surface area contributed by atoms with Gasteiger partial charge in [0.15, 0.2) is 0 Å². The van der Waals surface area contributed by atoms with Gasteiger partial charge in [-0.15, -0.1) is 0 Å². The van der Waals surface area contributed by atoms with Gasteiger partial charge in [-0.2, -0.15) is 17.0 Å². The first-order chi connectivity index (χ1) is 11.9. The Balaban J connectivity index is 1.78. The summed E-state index contributed by atoms with van der Waals surface area (Å²) >= 11 is 0. The van der Waals surface area contributed by atoms with Gasteiger partial charge in [0.1, 0.15) is 6.04 Å². The van der Waals surface area contributed by atoms with Crippen molar-refractivity contribution in [1.29, 1.82) is 0 Å². The molecular weight excluding hydrogens is 348 g/mol. The molecule has 0 aromatic heterocycles. The monoisotopic (exact) mass is 374 g/mol. The van der Waals surface area contributed by atoms with E-state index < -0.39 is 22.2 Å². The summed E-state index contributed by atoms with van der Waals surface area (Å²) < 4.78 is 33.7. The summed E-state index contributed by atoms with van der Waals surface area (Å²) in [5.74, 6) is -1.53. The number of carboxylic acid groups (broad SMARTS) is 1. The molecule has 3 rings (SSSR count). The van der Waals surface area contributed by atoms with Gasteiger partial charge in [0.25, 0.3) is 10.2 Å². The molecule has 3 aliphatic rings. The van der Waals surface area contributed by atoms with E-state index in [0.717, 1.165) is 25.7 Å². The van der Waals surface area contributed by atoms with E-state index in [1.807, 2.05) is 0 Å². The summed E-state index contributed by atoms with van der Waals surface area (Å²) in [5, 5.41) is 9.55. The van der Waals surface area contributed by atoms with Crippen molar-refractivity contribution in [2.24, 2.45) is 11.8 Å². The number of carbonyl (C=O) groups excluding carboxylic acids is 1. The van der Waals surface area contributed by atoms with Crippen molar-refractivity contribution < 1.29 is 27.9 Å². The molecule has 3 unspecified atom stereocenters. The third-order valence-corrected chi connectivity index (χ3v) is 7.97. The molecule has 0 amide bonds. The molecule has 0 bridgehead atoms. The lowest BCUT2D eigenvalue weighted by Crippen LogP contribution is -2.54. The Kier molecular flexibility index (Phi) is 5.36. The minimum absolute atomic E-state index is 0.136. The molecule has 2 aliphatic heterocycles. The van der Waals surface area contributed by atoms with Crippen LogP contribution in [0.5, 0.6) is 0 Å². The van der Waals surface area contributed by atoms with Crippen molar-refractivity contribution in [3.8, 4) is 0 Å². The Morgan fingerprint density at radius 2 is 1.72 bits per heavy atom. The zero-order chi connectivity index (χ0) is 18.2. The predicted molar refractivity (Wildman–Crippen MR) is 88.9 cm³/mol. The summed E-state index contributed by atoms with van der Waals surface area (Å²) in [6.07, 6.45) is 4.81. The molecule has 25 heavy (non-hydrogen) atoms. The van der Waals surface area contributed by atoms with E-state index in [4.69, 9.17) is 4.74 Å². The third kappa shape index (κ3) is 3.41. The number of esters is 1. The quantitative estimate of drug-likeness (QED) is 0.731. The van der Waals surface area contributed by atoms with Gasteiger partial charge in [0.2, 0.25) is 0 Å². The highest BCUT2D eigenvalue weighted by molar-refractivity contribution is 7.86. The predicted octanol–water partition coefficient (Wildman–Crippen LogP) is 0.834. The van der Waals surface area contributed by atoms with Crippen LogP contribution >= 0.6 is 0 Å². The highest BCUT2D eigenvalue weighted by Crippen LogP contribution is 2.42. The zero-order valence-corrected chi connectivity index (χ0v) is 15.3. The van der Waals surface area contributed by atoms with Gasteiger partial charge in [-0.3, -0.25) is 9.59 Å². The number of aliphatic carboxylic acids is 1. The number of hydrogen-bond acceptors (Lipinski definition) is 5. The van der Waals surface area contributed by atoms with E-state index in [2.05, 4.69) is 0 Å². The van der Waals surface area contributed by atoms with Gasteiger partial charge in [0, 0.05) is 19.1 Å². The lowest BCUT2D eigenvalue weighted by Gasteiger charge is -2.38. The van der Waals surface area contributed by atoms with Gasteiger partial charge >= 0.3 is 11.9 Å². The molecule has 3 atom stereocenters. The molecule has 1 N–H and O–H groups in total. The van der Waals surface area contributed by atoms with Crippen LogP contribution < -0.4 is 0 Å². The van der Waals surface area contributed by atoms with Crippen LogP contribution in [0.3, 0.4) is 0 Å². The van der Waals surface area contributed by atoms with E-state index in [1.165, 1.54) is 15.7 Å². The topological polar surface area (TPSA) is 104 Å². The molecule has 0 spiro atoms. The average Bonchev–Trinajstić information content (AvgIpc) is 3.02. The van der Waals surface area contributed by atoms with Crippen molar-refractivity contribution in [2.75, 3.05) is 20.2 Å². The van der Waals surface area contributed by atoms with Crippen LogP contribution in [0.1, 0.15) is 44.9 Å². The molecule has 142 valence electrons. The van der Waals surface area contributed by atoms with Crippen LogP contribution in [-0.4, -0.2) is 66.4 Å². The zero-order valence-electron chi connectivity index (χ0n) is 14.5. The molecule has 8 nitrogen and oxygen atoms in total. The van der Waals surface area contributed by atoms with Crippen LogP contribution in [0.4, 0.5) is 0 Å². The number of ether oxygens (including phenoxy) is 1. The van der Waals surface area contributed by atoms with Crippen molar-refractivity contribution in [2.45, 2.75) is 57.0 Å². The van der Waals surface area contributed by atoms with Gasteiger partial charge < -0.3 is 9.84 Å². The van der Waals surface area contributed by atoms with Crippen LogP contribution in [-0.2, 0) is 24.5 Å². The van der Waals surface area contributed by atoms with E-state index in [1.54, 1.807) is 0 Å². The van der Waals surface area contributed by atoms with E-state index in [0.29, 0.717) is 19.3 Å². The van der Waals surface area contributed by atoms with Gasteiger partial charge in [-0.25, -0.2) is 0 Å². The van der Waals surface area contributed by atoms with Gasteiger partial charge in [-0.05, 0) is 38.0 Å². The van der Waals surface area contributed by atoms with Crippen molar-refractivity contribution in [1.82, 2.24) is 8.61 Å². The Hall–Kier alpha value is -1.19. The highest BCUT2D eigenvalue weighted by Gasteiger charge is 2.52. The number of methoxy groups -OCH3 is 1. The lowest BCUT2D eigenvalue weighted by atomic mass is 9.85. The SMILES string of the molecule is COC(=O)C1CCN(S(=O)(=O)N2C(C(=O)O)CC3CCCCC32)CC1. The first-order valence-electron chi connectivity index (χ1n) is 8.95. The summed E-state index contributed by atoms with van der Waals surface area (Å²) in [6, 6.07) is -1.19. The normalized spacial score (nSPS) is 32.3. The maximum absolute atomic E-state index is 13.2. The van der Waals surface area contributed by atoms with E-state index in [-0.39, 0.29) is 36.9 Å². The van der Waals surface area contributed by atoms with E-state index in [9.17, 15) is 23.1 Å². The summed E-state index contributed by atoms with van der Waals surface area (Å²) in [4.78, 5) is 23.3. The molecular formula is C16H26N2O6S. The average molecular weight is 374 g/mol. The summed E-state index contributed by atoms with van der Waals surface area (Å²) in [7, 11) is -2.52. The first-order valence-corrected chi connectivity index (χ1v) is 10.3. The number of nitrogens with zero attached hydrogens (tertiary/aromatic N) is 2. The molecule has 9 heteroatoms. The number of piperidine rings is 1. The number of rotatable bonds is 4. The molecule has 0 aromatic rings. The fourth-order valence-electron chi connectivity index (χ4n) is 4.58. The number of fused-ring (bicyclic) bond motifs is 1. The fourth-order valence-corrected chi connectivity index (χ4v) is 6.64. The smallest absolute Gasteiger partial charge is 0.322 e. The van der Waals surface area contributed by atoms with Crippen LogP contribution in [0.25, 0.3) is 0 Å². The maximum Gasteiger partial charge on any atom is 0.322 e. The minimum Gasteiger partial charge on any atom is -0.480 e. The second-order valence-corrected chi connectivity index (χ2v) is 9.07. The maximum atomic E-state index is 13.2. The minimum atomic E-state index is -3.85. The number of carboxylic acids is 1. The van der Waals surface area contributed by atoms with Crippen molar-refractivity contribution in [3.05, 3.63) is 0 Å². The van der Waals surface area contributed by atoms with Crippen LogP contribution in [0.15, 0.2) is 0 Å². The Morgan fingerprint density at radius 3 is 2.32 bits per heavy atom. The summed E-state index contributed by atoms with van der Waals surface area (Å²) in [5.41, 5.74) is 0. The molecule has 0 radical (unpaired) electrons. The number of hydrogen-bond donors (Lipinski definition) is 1. The van der Waals surface area contributed by atoms with Crippen LogP contribution in [0.2, 0.25) is 0 Å². The molecule has 1 saturated carbocycles. The van der Waals surface area contributed by atoms with Crippen molar-refractivity contribution >= 4 is 22.1 Å². The Morgan fingerprint density at radius 1 is 1.08 bits per heavy atom. The van der Waals surface area contributed by atoms with Crippen molar-refractivity contribution in [3.63, 3.8) is 0 Å². The Bertz CT molecular complexity index is 629. The highest BCUT2D eigenvalue weighted by atomic mass is 32.2. The second-order valence-electron chi connectivity index (χ2n) is 7.24. The molecule has 3 fully saturated rings. The van der Waals surface area contributed by atoms with Crippen LogP contribution in [0, 0.1) is 11.8 Å². The number of carbonyl (C=O) groups is 2. The fraction of sp³-hybridized carbons (Fsp3) is 0.875. The lowest BCUT2D eigenvalue weighted by molar-refractivity contribution is -0.146. The second kappa shape index (κ2) is 7.20.